The first-order chi connectivity index (χ1) is 9.52. The molecular formula is C12H18NO6P. The molecule has 0 spiro atoms. The first-order valence-corrected chi connectivity index (χ1v) is 7.22. The molecule has 1 saturated heterocycles. The molecule has 0 aromatic heterocycles. The third-order valence-electron chi connectivity index (χ3n) is 3.64. The van der Waals surface area contributed by atoms with Gasteiger partial charge in [-0.1, -0.05) is 6.08 Å². The van der Waals surface area contributed by atoms with Crippen LogP contribution in [0.5, 0.6) is 0 Å². The van der Waals surface area contributed by atoms with Crippen molar-refractivity contribution in [1.29, 1.82) is 0 Å². The molecule has 5 atom stereocenters. The number of amides is 2. The quantitative estimate of drug-likeness (QED) is 0.467. The van der Waals surface area contributed by atoms with Crippen LogP contribution >= 0.6 is 9.03 Å². The largest absolute Gasteiger partial charge is 0.390 e. The summed E-state index contributed by atoms with van der Waals surface area (Å²) in [7, 11) is -0.641. The van der Waals surface area contributed by atoms with Crippen LogP contribution in [-0.4, -0.2) is 47.2 Å². The number of ether oxygens (including phenoxy) is 1. The zero-order valence-corrected chi connectivity index (χ0v) is 12.0. The van der Waals surface area contributed by atoms with Crippen molar-refractivity contribution in [2.24, 2.45) is 11.8 Å². The van der Waals surface area contributed by atoms with E-state index >= 15 is 0 Å². The van der Waals surface area contributed by atoms with Crippen molar-refractivity contribution in [3.05, 3.63) is 11.6 Å². The van der Waals surface area contributed by atoms with Crippen molar-refractivity contribution < 1.29 is 28.8 Å². The van der Waals surface area contributed by atoms with Crippen LogP contribution in [-0.2, 0) is 18.8 Å². The van der Waals surface area contributed by atoms with Crippen molar-refractivity contribution in [3.8, 4) is 0 Å². The Morgan fingerprint density at radius 1 is 1.55 bits per heavy atom. The molecule has 0 aromatic carbocycles. The Hall–Kier alpha value is -0.850. The highest BCUT2D eigenvalue weighted by Crippen LogP contribution is 2.29. The fourth-order valence-corrected chi connectivity index (χ4v) is 2.72. The molecule has 0 bridgehead atoms. The average Bonchev–Trinajstić information content (AvgIpc) is 2.75. The van der Waals surface area contributed by atoms with Gasteiger partial charge in [-0.2, -0.15) is 0 Å². The summed E-state index contributed by atoms with van der Waals surface area (Å²) in [5, 5.41) is 12.4. The first kappa shape index (κ1) is 15.5. The SMILES string of the molecule is CC1=CC(CC2CO[C@H](COPO)C2O)C(=O)NC1=O. The van der Waals surface area contributed by atoms with E-state index in [9.17, 15) is 14.7 Å². The maximum Gasteiger partial charge on any atom is 0.253 e. The molecule has 3 N–H and O–H groups in total. The van der Waals surface area contributed by atoms with Crippen LogP contribution in [0.25, 0.3) is 0 Å². The molecular weight excluding hydrogens is 285 g/mol. The minimum absolute atomic E-state index is 0.122. The maximum absolute atomic E-state index is 11.7. The molecule has 112 valence electrons. The van der Waals surface area contributed by atoms with Crippen LogP contribution in [0.3, 0.4) is 0 Å². The molecule has 0 radical (unpaired) electrons. The number of imide groups is 1. The summed E-state index contributed by atoms with van der Waals surface area (Å²) < 4.78 is 10.2. The smallest absolute Gasteiger partial charge is 0.253 e. The fraction of sp³-hybridized carbons (Fsp3) is 0.667. The summed E-state index contributed by atoms with van der Waals surface area (Å²) in [5.74, 6) is -1.34. The number of aliphatic hydroxyl groups excluding tert-OH is 1. The molecule has 0 aliphatic carbocycles. The Labute approximate surface area is 118 Å². The van der Waals surface area contributed by atoms with Gasteiger partial charge >= 0.3 is 0 Å². The van der Waals surface area contributed by atoms with E-state index in [1.54, 1.807) is 13.0 Å². The molecule has 1 fully saturated rings. The molecule has 8 heteroatoms. The zero-order valence-electron chi connectivity index (χ0n) is 11.0. The van der Waals surface area contributed by atoms with E-state index < -0.39 is 27.2 Å². The van der Waals surface area contributed by atoms with Gasteiger partial charge in [-0.05, 0) is 13.3 Å². The number of rotatable bonds is 5. The lowest BCUT2D eigenvalue weighted by Crippen LogP contribution is -2.41. The third kappa shape index (κ3) is 3.42. The van der Waals surface area contributed by atoms with Gasteiger partial charge in [-0.3, -0.25) is 14.9 Å². The summed E-state index contributed by atoms with van der Waals surface area (Å²) in [6.45, 7) is 2.10. The highest BCUT2D eigenvalue weighted by Gasteiger charge is 2.39. The van der Waals surface area contributed by atoms with Crippen LogP contribution in [0.15, 0.2) is 11.6 Å². The standard InChI is InChI=1S/C12H18NO6P/c1-6-2-7(12(16)13-11(6)15)3-8-4-18-9(10(8)14)5-19-20-17/h2,7-10,14,17,20H,3-5H2,1H3,(H,13,15,16)/t7?,8?,9-,10?/m1/s1. The Kier molecular flexibility index (Phi) is 5.23. The second-order valence-electron chi connectivity index (χ2n) is 5.03. The van der Waals surface area contributed by atoms with Crippen LogP contribution in [0, 0.1) is 11.8 Å². The Morgan fingerprint density at radius 3 is 3.00 bits per heavy atom. The van der Waals surface area contributed by atoms with Crippen molar-refractivity contribution in [1.82, 2.24) is 5.32 Å². The van der Waals surface area contributed by atoms with Crippen LogP contribution < -0.4 is 5.32 Å². The van der Waals surface area contributed by atoms with E-state index in [0.717, 1.165) is 0 Å². The van der Waals surface area contributed by atoms with Gasteiger partial charge in [0.1, 0.15) is 6.10 Å². The third-order valence-corrected chi connectivity index (χ3v) is 3.94. The maximum atomic E-state index is 11.7. The van der Waals surface area contributed by atoms with Gasteiger partial charge in [-0.25, -0.2) is 0 Å². The number of carbonyl (C=O) groups is 2. The van der Waals surface area contributed by atoms with E-state index in [2.05, 4.69) is 5.32 Å². The molecule has 2 rings (SSSR count). The molecule has 2 amide bonds. The second kappa shape index (κ2) is 6.74. The Morgan fingerprint density at radius 2 is 2.30 bits per heavy atom. The number of aliphatic hydroxyl groups is 1. The topological polar surface area (TPSA) is 105 Å². The fourth-order valence-electron chi connectivity index (χ4n) is 2.48. The normalized spacial score (nSPS) is 34.6. The van der Waals surface area contributed by atoms with Gasteiger partial charge in [0.2, 0.25) is 5.91 Å². The van der Waals surface area contributed by atoms with Crippen molar-refractivity contribution >= 4 is 20.8 Å². The van der Waals surface area contributed by atoms with E-state index in [-0.39, 0.29) is 24.3 Å². The van der Waals surface area contributed by atoms with E-state index in [4.69, 9.17) is 14.2 Å². The summed E-state index contributed by atoms with van der Waals surface area (Å²) in [5.41, 5.74) is 0.504. The molecule has 0 saturated carbocycles. The molecule has 2 aliphatic heterocycles. The lowest BCUT2D eigenvalue weighted by molar-refractivity contribution is -0.131. The van der Waals surface area contributed by atoms with Crippen LogP contribution in [0.1, 0.15) is 13.3 Å². The predicted octanol–water partition coefficient (Wildman–Crippen LogP) is -0.511. The summed E-state index contributed by atoms with van der Waals surface area (Å²) in [4.78, 5) is 31.7. The summed E-state index contributed by atoms with van der Waals surface area (Å²) in [6, 6.07) is 0. The lowest BCUT2D eigenvalue weighted by Gasteiger charge is -2.23. The van der Waals surface area contributed by atoms with Crippen LogP contribution in [0.4, 0.5) is 0 Å². The number of nitrogens with one attached hydrogen (secondary N) is 1. The predicted molar refractivity (Wildman–Crippen MR) is 70.7 cm³/mol. The monoisotopic (exact) mass is 303 g/mol. The molecule has 2 heterocycles. The van der Waals surface area contributed by atoms with Gasteiger partial charge in [0.25, 0.3) is 5.91 Å². The summed E-state index contributed by atoms with van der Waals surface area (Å²) in [6.07, 6.45) is 0.811. The summed E-state index contributed by atoms with van der Waals surface area (Å²) >= 11 is 0. The lowest BCUT2D eigenvalue weighted by atomic mass is 9.87. The highest BCUT2D eigenvalue weighted by atomic mass is 31.1. The minimum atomic E-state index is -0.745. The average molecular weight is 303 g/mol. The molecule has 2 aliphatic rings. The van der Waals surface area contributed by atoms with E-state index in [0.29, 0.717) is 18.6 Å². The van der Waals surface area contributed by atoms with Gasteiger partial charge in [0.15, 0.2) is 9.03 Å². The van der Waals surface area contributed by atoms with Gasteiger partial charge in [-0.15, -0.1) is 0 Å². The highest BCUT2D eigenvalue weighted by molar-refractivity contribution is 7.24. The van der Waals surface area contributed by atoms with Crippen molar-refractivity contribution in [2.75, 3.05) is 13.2 Å². The van der Waals surface area contributed by atoms with E-state index in [1.165, 1.54) is 0 Å². The van der Waals surface area contributed by atoms with Gasteiger partial charge < -0.3 is 19.3 Å². The van der Waals surface area contributed by atoms with Crippen LogP contribution in [0.2, 0.25) is 0 Å². The molecule has 0 aromatic rings. The number of hydrogen-bond donors (Lipinski definition) is 3. The zero-order chi connectivity index (χ0) is 14.7. The van der Waals surface area contributed by atoms with Gasteiger partial charge in [0.05, 0.1) is 25.2 Å². The van der Waals surface area contributed by atoms with Crippen molar-refractivity contribution in [3.63, 3.8) is 0 Å². The second-order valence-corrected chi connectivity index (χ2v) is 5.51. The number of hydrogen-bond acceptors (Lipinski definition) is 6. The Balaban J connectivity index is 1.94. The molecule has 20 heavy (non-hydrogen) atoms. The van der Waals surface area contributed by atoms with Gasteiger partial charge in [0, 0.05) is 11.5 Å². The minimum Gasteiger partial charge on any atom is -0.390 e. The number of carbonyl (C=O) groups excluding carboxylic acids is 2. The molecule has 4 unspecified atom stereocenters. The molecule has 7 nitrogen and oxygen atoms in total. The first-order valence-electron chi connectivity index (χ1n) is 6.37. The van der Waals surface area contributed by atoms with E-state index in [1.807, 2.05) is 0 Å². The van der Waals surface area contributed by atoms with Crippen molar-refractivity contribution in [2.45, 2.75) is 25.6 Å². The Bertz CT molecular complexity index is 426.